The Balaban J connectivity index is 0.00000112. The lowest BCUT2D eigenvalue weighted by Gasteiger charge is -2.01. The van der Waals surface area contributed by atoms with Gasteiger partial charge in [-0.25, -0.2) is 8.42 Å². The summed E-state index contributed by atoms with van der Waals surface area (Å²) in [5.74, 6) is 0.278. The van der Waals surface area contributed by atoms with Gasteiger partial charge in [-0.15, -0.1) is 12.4 Å². The fourth-order valence-corrected chi connectivity index (χ4v) is 3.75. The maximum atomic E-state index is 11.5. The van der Waals surface area contributed by atoms with E-state index in [0.717, 1.165) is 17.3 Å². The number of benzene rings is 1. The molecule has 1 aromatic rings. The highest BCUT2D eigenvalue weighted by Gasteiger charge is 2.25. The number of hydrogen-bond donors (Lipinski definition) is 0. The first-order valence-electron chi connectivity index (χ1n) is 4.54. The van der Waals surface area contributed by atoms with Crippen molar-refractivity contribution in [2.75, 3.05) is 11.1 Å². The summed E-state index contributed by atoms with van der Waals surface area (Å²) in [7, 11) is -2.95. The van der Waals surface area contributed by atoms with Gasteiger partial charge in [0.25, 0.3) is 0 Å². The summed E-state index contributed by atoms with van der Waals surface area (Å²) in [5.41, 5.74) is 2.20. The van der Waals surface area contributed by atoms with Crippen molar-refractivity contribution in [3.8, 4) is 0 Å². The average Bonchev–Trinajstić information content (AvgIpc) is 2.43. The number of sulfone groups is 1. The van der Waals surface area contributed by atoms with Crippen LogP contribution in [0.15, 0.2) is 23.1 Å². The molecule has 1 aliphatic rings. The summed E-state index contributed by atoms with van der Waals surface area (Å²) in [6, 6.07) is 5.67. The molecule has 0 radical (unpaired) electrons. The van der Waals surface area contributed by atoms with Crippen LogP contribution in [0, 0.1) is 0 Å². The molecule has 0 unspecified atom stereocenters. The highest BCUT2D eigenvalue weighted by Crippen LogP contribution is 2.26. The van der Waals surface area contributed by atoms with Crippen molar-refractivity contribution in [1.82, 2.24) is 0 Å². The summed E-state index contributed by atoms with van der Waals surface area (Å²) in [4.78, 5) is 0.538. The molecule has 0 saturated carbocycles. The van der Waals surface area contributed by atoms with E-state index in [2.05, 4.69) is 15.9 Å². The minimum absolute atomic E-state index is 0. The lowest BCUT2D eigenvalue weighted by molar-refractivity contribution is 0.600. The van der Waals surface area contributed by atoms with Crippen molar-refractivity contribution in [3.05, 3.63) is 29.3 Å². The van der Waals surface area contributed by atoms with Crippen molar-refractivity contribution in [1.29, 1.82) is 0 Å². The third-order valence-corrected chi connectivity index (χ3v) is 4.69. The van der Waals surface area contributed by atoms with Gasteiger partial charge in [-0.1, -0.05) is 28.1 Å². The molecule has 0 fully saturated rings. The minimum Gasteiger partial charge on any atom is -0.224 e. The zero-order valence-electron chi connectivity index (χ0n) is 8.07. The molecule has 0 saturated heterocycles. The highest BCUT2D eigenvalue weighted by molar-refractivity contribution is 9.09. The van der Waals surface area contributed by atoms with Gasteiger partial charge in [-0.05, 0) is 30.0 Å². The van der Waals surface area contributed by atoms with E-state index >= 15 is 0 Å². The molecule has 84 valence electrons. The zero-order valence-corrected chi connectivity index (χ0v) is 11.3. The lowest BCUT2D eigenvalue weighted by Crippen LogP contribution is -1.98. The minimum atomic E-state index is -2.95. The number of rotatable bonds is 2. The Labute approximate surface area is 105 Å². The van der Waals surface area contributed by atoms with E-state index in [1.165, 1.54) is 5.56 Å². The molecule has 0 N–H and O–H groups in total. The molecular formula is C10H12BrClO2S. The largest absolute Gasteiger partial charge is 0.224 e. The monoisotopic (exact) mass is 310 g/mol. The summed E-state index contributed by atoms with van der Waals surface area (Å²) in [6.45, 7) is 0. The van der Waals surface area contributed by atoms with E-state index in [-0.39, 0.29) is 18.2 Å². The van der Waals surface area contributed by atoms with Gasteiger partial charge in [0, 0.05) is 5.33 Å². The van der Waals surface area contributed by atoms with E-state index in [0.29, 0.717) is 11.3 Å². The predicted molar refractivity (Wildman–Crippen MR) is 66.9 cm³/mol. The Kier molecular flexibility index (Phi) is 4.20. The smallest absolute Gasteiger partial charge is 0.178 e. The molecule has 5 heteroatoms. The maximum Gasteiger partial charge on any atom is 0.178 e. The van der Waals surface area contributed by atoms with Crippen LogP contribution in [0.25, 0.3) is 0 Å². The topological polar surface area (TPSA) is 34.1 Å². The molecule has 0 amide bonds. The normalized spacial score (nSPS) is 16.9. The van der Waals surface area contributed by atoms with E-state index in [1.807, 2.05) is 12.1 Å². The lowest BCUT2D eigenvalue weighted by atomic mass is 10.1. The van der Waals surface area contributed by atoms with E-state index in [9.17, 15) is 8.42 Å². The molecule has 2 nitrogen and oxygen atoms in total. The van der Waals surface area contributed by atoms with Gasteiger partial charge >= 0.3 is 0 Å². The number of hydrogen-bond acceptors (Lipinski definition) is 2. The van der Waals surface area contributed by atoms with Crippen LogP contribution >= 0.6 is 28.3 Å². The predicted octanol–water partition coefficient (Wildman–Crippen LogP) is 2.38. The Morgan fingerprint density at radius 3 is 2.73 bits per heavy atom. The summed E-state index contributed by atoms with van der Waals surface area (Å²) < 4.78 is 23.0. The van der Waals surface area contributed by atoms with Gasteiger partial charge in [0.2, 0.25) is 0 Å². The van der Waals surface area contributed by atoms with Crippen molar-refractivity contribution < 1.29 is 8.42 Å². The van der Waals surface area contributed by atoms with Gasteiger partial charge < -0.3 is 0 Å². The van der Waals surface area contributed by atoms with Crippen LogP contribution in [0.5, 0.6) is 0 Å². The fraction of sp³-hybridized carbons (Fsp3) is 0.400. The number of halogens is 2. The standard InChI is InChI=1S/C10H11BrO2S.ClH/c11-5-3-8-1-2-10-9(7-8)4-6-14(10,12)13;/h1-2,7H,3-6H2;1H. The van der Waals surface area contributed by atoms with Gasteiger partial charge in [0.1, 0.15) is 0 Å². The van der Waals surface area contributed by atoms with Gasteiger partial charge in [0.15, 0.2) is 9.84 Å². The Hall–Kier alpha value is -0.0600. The van der Waals surface area contributed by atoms with Crippen LogP contribution < -0.4 is 0 Å². The molecule has 0 atom stereocenters. The highest BCUT2D eigenvalue weighted by atomic mass is 79.9. The van der Waals surface area contributed by atoms with Crippen LogP contribution in [0.3, 0.4) is 0 Å². The molecule has 1 aliphatic heterocycles. The van der Waals surface area contributed by atoms with Crippen LogP contribution in [0.1, 0.15) is 11.1 Å². The number of fused-ring (bicyclic) bond motifs is 1. The first-order valence-corrected chi connectivity index (χ1v) is 7.31. The summed E-state index contributed by atoms with van der Waals surface area (Å²) in [5, 5.41) is 0.915. The second-order valence-corrected chi connectivity index (χ2v) is 6.32. The van der Waals surface area contributed by atoms with Crippen molar-refractivity contribution in [2.24, 2.45) is 0 Å². The van der Waals surface area contributed by atoms with E-state index in [4.69, 9.17) is 0 Å². The van der Waals surface area contributed by atoms with Crippen molar-refractivity contribution in [2.45, 2.75) is 17.7 Å². The van der Waals surface area contributed by atoms with Crippen LogP contribution in [0.4, 0.5) is 0 Å². The molecule has 0 aromatic heterocycles. The Bertz CT molecular complexity index is 456. The maximum absolute atomic E-state index is 11.5. The van der Waals surface area contributed by atoms with Crippen LogP contribution in [0.2, 0.25) is 0 Å². The summed E-state index contributed by atoms with van der Waals surface area (Å²) in [6.07, 6.45) is 1.63. The van der Waals surface area contributed by atoms with Crippen molar-refractivity contribution >= 4 is 38.2 Å². The van der Waals surface area contributed by atoms with Crippen LogP contribution in [-0.4, -0.2) is 19.5 Å². The quantitative estimate of drug-likeness (QED) is 0.786. The molecular weight excluding hydrogens is 300 g/mol. The van der Waals surface area contributed by atoms with Crippen molar-refractivity contribution in [3.63, 3.8) is 0 Å². The molecule has 1 heterocycles. The van der Waals surface area contributed by atoms with E-state index in [1.54, 1.807) is 6.07 Å². The second kappa shape index (κ2) is 4.85. The molecule has 0 spiro atoms. The van der Waals surface area contributed by atoms with E-state index < -0.39 is 9.84 Å². The van der Waals surface area contributed by atoms with Gasteiger partial charge in [0.05, 0.1) is 10.6 Å². The number of alkyl halides is 1. The Morgan fingerprint density at radius 2 is 2.07 bits per heavy atom. The Morgan fingerprint density at radius 1 is 1.33 bits per heavy atom. The molecule has 2 rings (SSSR count). The summed E-state index contributed by atoms with van der Waals surface area (Å²) >= 11 is 3.37. The number of aryl methyl sites for hydroxylation is 2. The SMILES string of the molecule is Cl.O=S1(=O)CCc2cc(CCBr)ccc21. The van der Waals surface area contributed by atoms with Crippen LogP contribution in [-0.2, 0) is 22.7 Å². The fourth-order valence-electron chi connectivity index (χ4n) is 1.75. The third kappa shape index (κ3) is 2.55. The van der Waals surface area contributed by atoms with Gasteiger partial charge in [-0.3, -0.25) is 0 Å². The molecule has 15 heavy (non-hydrogen) atoms. The first kappa shape index (κ1) is 13.0. The second-order valence-electron chi connectivity index (χ2n) is 3.45. The first-order chi connectivity index (χ1) is 6.63. The molecule has 0 bridgehead atoms. The molecule has 0 aliphatic carbocycles. The zero-order chi connectivity index (χ0) is 10.2. The van der Waals surface area contributed by atoms with Gasteiger partial charge in [-0.2, -0.15) is 0 Å². The molecule has 1 aromatic carbocycles. The average molecular weight is 312 g/mol. The third-order valence-electron chi connectivity index (χ3n) is 2.48.